The van der Waals surface area contributed by atoms with Gasteiger partial charge in [0.25, 0.3) is 0 Å². The zero-order valence-electron chi connectivity index (χ0n) is 10.0. The summed E-state index contributed by atoms with van der Waals surface area (Å²) in [6.45, 7) is 6.44. The average Bonchev–Trinajstić information content (AvgIpc) is 2.36. The maximum absolute atomic E-state index is 8.92. The number of nitrogens with one attached hydrogen (secondary N) is 1. The fourth-order valence-corrected chi connectivity index (χ4v) is 2.12. The van der Waals surface area contributed by atoms with Crippen molar-refractivity contribution in [3.63, 3.8) is 0 Å². The van der Waals surface area contributed by atoms with Crippen molar-refractivity contribution in [2.45, 2.75) is 25.4 Å². The van der Waals surface area contributed by atoms with Crippen LogP contribution in [0.25, 0.3) is 0 Å². The molecule has 1 heterocycles. The molecule has 4 heteroatoms. The van der Waals surface area contributed by atoms with Gasteiger partial charge in [-0.05, 0) is 40.5 Å². The molecule has 1 rings (SSSR count). The van der Waals surface area contributed by atoms with E-state index in [1.54, 1.807) is 0 Å². The van der Waals surface area contributed by atoms with Gasteiger partial charge in [0.1, 0.15) is 6.04 Å². The van der Waals surface area contributed by atoms with Crippen molar-refractivity contribution in [1.29, 1.82) is 5.26 Å². The van der Waals surface area contributed by atoms with E-state index in [-0.39, 0.29) is 6.04 Å². The zero-order valence-corrected chi connectivity index (χ0v) is 10.0. The second-order valence-corrected chi connectivity index (χ2v) is 4.43. The van der Waals surface area contributed by atoms with Crippen LogP contribution in [0.1, 0.15) is 13.3 Å². The van der Waals surface area contributed by atoms with E-state index in [4.69, 9.17) is 5.26 Å². The van der Waals surface area contributed by atoms with Crippen LogP contribution in [0.2, 0.25) is 0 Å². The lowest BCUT2D eigenvalue weighted by atomic mass is 10.2. The maximum Gasteiger partial charge on any atom is 0.108 e. The molecule has 1 aliphatic rings. The Morgan fingerprint density at radius 3 is 2.87 bits per heavy atom. The number of nitriles is 1. The van der Waals surface area contributed by atoms with Crippen LogP contribution >= 0.6 is 0 Å². The van der Waals surface area contributed by atoms with Gasteiger partial charge in [0, 0.05) is 19.1 Å². The van der Waals surface area contributed by atoms with E-state index in [2.05, 4.69) is 35.2 Å². The summed E-state index contributed by atoms with van der Waals surface area (Å²) in [7, 11) is 4.02. The molecule has 0 radical (unpaired) electrons. The summed E-state index contributed by atoms with van der Waals surface area (Å²) in [5.41, 5.74) is 0. The molecule has 0 aliphatic carbocycles. The maximum atomic E-state index is 8.92. The molecule has 1 aliphatic heterocycles. The molecular formula is C11H22N4. The van der Waals surface area contributed by atoms with Gasteiger partial charge >= 0.3 is 0 Å². The molecule has 0 amide bonds. The van der Waals surface area contributed by atoms with Gasteiger partial charge < -0.3 is 10.2 Å². The van der Waals surface area contributed by atoms with Crippen molar-refractivity contribution in [3.05, 3.63) is 0 Å². The lowest BCUT2D eigenvalue weighted by molar-refractivity contribution is 0.194. The van der Waals surface area contributed by atoms with E-state index in [1.807, 2.05) is 7.05 Å². The van der Waals surface area contributed by atoms with E-state index in [9.17, 15) is 0 Å². The van der Waals surface area contributed by atoms with Gasteiger partial charge in [-0.1, -0.05) is 0 Å². The molecule has 0 aromatic rings. The van der Waals surface area contributed by atoms with Crippen molar-refractivity contribution in [1.82, 2.24) is 15.1 Å². The molecular weight excluding hydrogens is 188 g/mol. The Labute approximate surface area is 92.8 Å². The number of nitrogens with zero attached hydrogens (tertiary/aromatic N) is 3. The third kappa shape index (κ3) is 3.78. The molecule has 2 unspecified atom stereocenters. The molecule has 0 bridgehead atoms. The lowest BCUT2D eigenvalue weighted by Gasteiger charge is -2.29. The Bertz CT molecular complexity index is 223. The summed E-state index contributed by atoms with van der Waals surface area (Å²) < 4.78 is 0. The van der Waals surface area contributed by atoms with Gasteiger partial charge in [-0.2, -0.15) is 5.26 Å². The highest BCUT2D eigenvalue weighted by Gasteiger charge is 2.21. The first-order valence-electron chi connectivity index (χ1n) is 5.67. The Kier molecular flexibility index (Phi) is 5.03. The second kappa shape index (κ2) is 6.06. The number of rotatable bonds is 3. The summed E-state index contributed by atoms with van der Waals surface area (Å²) in [4.78, 5) is 4.78. The SMILES string of the molecule is CNC(C#N)CN1CCCN(C)CC1C. The smallest absolute Gasteiger partial charge is 0.108 e. The predicted octanol–water partition coefficient (Wildman–Crippen LogP) is 0.124. The van der Waals surface area contributed by atoms with Gasteiger partial charge in [-0.3, -0.25) is 4.90 Å². The van der Waals surface area contributed by atoms with E-state index >= 15 is 0 Å². The van der Waals surface area contributed by atoms with E-state index in [1.165, 1.54) is 6.42 Å². The normalized spacial score (nSPS) is 26.9. The monoisotopic (exact) mass is 210 g/mol. The Balaban J connectivity index is 2.49. The lowest BCUT2D eigenvalue weighted by Crippen LogP contribution is -2.45. The number of hydrogen-bond acceptors (Lipinski definition) is 4. The first kappa shape index (κ1) is 12.4. The van der Waals surface area contributed by atoms with Gasteiger partial charge in [-0.15, -0.1) is 0 Å². The van der Waals surface area contributed by atoms with Crippen LogP contribution in [0.15, 0.2) is 0 Å². The Hall–Kier alpha value is -0.630. The highest BCUT2D eigenvalue weighted by Crippen LogP contribution is 2.08. The predicted molar refractivity (Wildman–Crippen MR) is 61.6 cm³/mol. The molecule has 1 saturated heterocycles. The van der Waals surface area contributed by atoms with Crippen LogP contribution in [0, 0.1) is 11.3 Å². The highest BCUT2D eigenvalue weighted by molar-refractivity contribution is 4.92. The van der Waals surface area contributed by atoms with Crippen LogP contribution < -0.4 is 5.32 Å². The third-order valence-electron chi connectivity index (χ3n) is 3.11. The van der Waals surface area contributed by atoms with Crippen molar-refractivity contribution in [3.8, 4) is 6.07 Å². The first-order valence-corrected chi connectivity index (χ1v) is 5.67. The summed E-state index contributed by atoms with van der Waals surface area (Å²) in [5.74, 6) is 0. The van der Waals surface area contributed by atoms with Crippen molar-refractivity contribution in [2.75, 3.05) is 40.3 Å². The summed E-state index contributed by atoms with van der Waals surface area (Å²) in [6, 6.07) is 2.78. The minimum absolute atomic E-state index is 0.0455. The van der Waals surface area contributed by atoms with Gasteiger partial charge in [0.05, 0.1) is 6.07 Å². The van der Waals surface area contributed by atoms with Crippen LogP contribution in [0.3, 0.4) is 0 Å². The van der Waals surface area contributed by atoms with Crippen molar-refractivity contribution in [2.24, 2.45) is 0 Å². The summed E-state index contributed by atoms with van der Waals surface area (Å²) in [5, 5.41) is 12.0. The molecule has 1 fully saturated rings. The largest absolute Gasteiger partial charge is 0.305 e. The van der Waals surface area contributed by atoms with E-state index in [0.717, 1.165) is 26.2 Å². The second-order valence-electron chi connectivity index (χ2n) is 4.43. The van der Waals surface area contributed by atoms with Crippen molar-refractivity contribution >= 4 is 0 Å². The quantitative estimate of drug-likeness (QED) is 0.719. The van der Waals surface area contributed by atoms with Crippen molar-refractivity contribution < 1.29 is 0 Å². The number of likely N-dealkylation sites (N-methyl/N-ethyl adjacent to an activating group) is 2. The molecule has 15 heavy (non-hydrogen) atoms. The van der Waals surface area contributed by atoms with Crippen LogP contribution in [-0.4, -0.2) is 62.2 Å². The van der Waals surface area contributed by atoms with Crippen LogP contribution in [-0.2, 0) is 0 Å². The van der Waals surface area contributed by atoms with E-state index < -0.39 is 0 Å². The Morgan fingerprint density at radius 2 is 2.27 bits per heavy atom. The standard InChI is InChI=1S/C11H22N4/c1-10-8-14(3)5-4-6-15(10)9-11(7-12)13-2/h10-11,13H,4-6,8-9H2,1-3H3. The topological polar surface area (TPSA) is 42.3 Å². The highest BCUT2D eigenvalue weighted by atomic mass is 15.2. The molecule has 1 N–H and O–H groups in total. The summed E-state index contributed by atoms with van der Waals surface area (Å²) in [6.07, 6.45) is 1.20. The van der Waals surface area contributed by atoms with Crippen LogP contribution in [0.5, 0.6) is 0 Å². The molecule has 0 saturated carbocycles. The first-order chi connectivity index (χ1) is 7.17. The van der Waals surface area contributed by atoms with Crippen LogP contribution in [0.4, 0.5) is 0 Å². The third-order valence-corrected chi connectivity index (χ3v) is 3.11. The molecule has 0 aromatic carbocycles. The fraction of sp³-hybridized carbons (Fsp3) is 0.909. The van der Waals surface area contributed by atoms with Gasteiger partial charge in [0.15, 0.2) is 0 Å². The molecule has 0 spiro atoms. The molecule has 2 atom stereocenters. The average molecular weight is 210 g/mol. The minimum Gasteiger partial charge on any atom is -0.305 e. The van der Waals surface area contributed by atoms with E-state index in [0.29, 0.717) is 6.04 Å². The summed E-state index contributed by atoms with van der Waals surface area (Å²) >= 11 is 0. The molecule has 0 aromatic heterocycles. The number of hydrogen-bond donors (Lipinski definition) is 1. The van der Waals surface area contributed by atoms with Gasteiger partial charge in [0.2, 0.25) is 0 Å². The van der Waals surface area contributed by atoms with Gasteiger partial charge in [-0.25, -0.2) is 0 Å². The minimum atomic E-state index is -0.0455. The molecule has 4 nitrogen and oxygen atoms in total. The molecule has 86 valence electrons. The fourth-order valence-electron chi connectivity index (χ4n) is 2.12. The Morgan fingerprint density at radius 1 is 1.53 bits per heavy atom. The zero-order chi connectivity index (χ0) is 11.3.